The first-order valence-electron chi connectivity index (χ1n) is 10.5. The molecule has 0 aliphatic heterocycles. The van der Waals surface area contributed by atoms with E-state index in [1.54, 1.807) is 30.5 Å². The third kappa shape index (κ3) is 4.91. The lowest BCUT2D eigenvalue weighted by Gasteiger charge is -2.21. The highest BCUT2D eigenvalue weighted by atomic mass is 127. The van der Waals surface area contributed by atoms with Gasteiger partial charge in [-0.25, -0.2) is 27.2 Å². The SMILES string of the molecule is Cc1ccc(S(=O)(=O)n2cc(I)c3c(C4=CCC(NC(=O)OC(C)(C)C)C4)ncnc32)cc1. The summed E-state index contributed by atoms with van der Waals surface area (Å²) in [5.74, 6) is 0. The second-order valence-electron chi connectivity index (χ2n) is 9.02. The van der Waals surface area contributed by atoms with E-state index in [1.165, 1.54) is 10.3 Å². The van der Waals surface area contributed by atoms with E-state index < -0.39 is 21.7 Å². The van der Waals surface area contributed by atoms with Gasteiger partial charge in [0.15, 0.2) is 5.65 Å². The molecule has 0 saturated carbocycles. The number of hydrogen-bond donors (Lipinski definition) is 1. The van der Waals surface area contributed by atoms with Crippen LogP contribution >= 0.6 is 22.6 Å². The standard InChI is InChI=1S/C23H25IN4O4S/c1-14-5-9-17(10-6-14)33(30,31)28-12-18(24)19-20(25-13-26-21(19)28)15-7-8-16(11-15)27-22(29)32-23(2,3)4/h5-7,9-10,12-13,16H,8,11H2,1-4H3,(H,27,29). The van der Waals surface area contributed by atoms with Crippen LogP contribution in [0.5, 0.6) is 0 Å². The van der Waals surface area contributed by atoms with Crippen LogP contribution in [-0.2, 0) is 14.8 Å². The van der Waals surface area contributed by atoms with Crippen molar-refractivity contribution in [1.82, 2.24) is 19.3 Å². The highest BCUT2D eigenvalue weighted by Gasteiger charge is 2.28. The number of benzene rings is 1. The number of nitrogens with one attached hydrogen (secondary N) is 1. The van der Waals surface area contributed by atoms with Gasteiger partial charge in [0.25, 0.3) is 10.0 Å². The van der Waals surface area contributed by atoms with Gasteiger partial charge < -0.3 is 10.1 Å². The number of aryl methyl sites for hydroxylation is 1. The molecule has 0 fully saturated rings. The van der Waals surface area contributed by atoms with Gasteiger partial charge in [-0.05, 0) is 80.8 Å². The van der Waals surface area contributed by atoms with Crippen LogP contribution in [0.3, 0.4) is 0 Å². The van der Waals surface area contributed by atoms with E-state index in [4.69, 9.17) is 4.74 Å². The fourth-order valence-electron chi connectivity index (χ4n) is 3.74. The van der Waals surface area contributed by atoms with Crippen molar-refractivity contribution < 1.29 is 17.9 Å². The molecule has 1 N–H and O–H groups in total. The maximum atomic E-state index is 13.3. The molecule has 1 aromatic carbocycles. The van der Waals surface area contributed by atoms with Crippen LogP contribution in [0.15, 0.2) is 47.8 Å². The van der Waals surface area contributed by atoms with Crippen molar-refractivity contribution in [3.8, 4) is 0 Å². The molecule has 33 heavy (non-hydrogen) atoms. The highest BCUT2D eigenvalue weighted by Crippen LogP contribution is 2.35. The Morgan fingerprint density at radius 3 is 2.58 bits per heavy atom. The zero-order valence-electron chi connectivity index (χ0n) is 18.8. The number of halogens is 1. The maximum absolute atomic E-state index is 13.3. The van der Waals surface area contributed by atoms with Gasteiger partial charge in [-0.1, -0.05) is 23.8 Å². The Kier molecular flexibility index (Phi) is 6.25. The van der Waals surface area contributed by atoms with Gasteiger partial charge >= 0.3 is 6.09 Å². The summed E-state index contributed by atoms with van der Waals surface area (Å²) < 4.78 is 33.9. The van der Waals surface area contributed by atoms with E-state index in [9.17, 15) is 13.2 Å². The minimum absolute atomic E-state index is 0.115. The van der Waals surface area contributed by atoms with Crippen LogP contribution < -0.4 is 5.32 Å². The molecule has 0 bridgehead atoms. The first-order chi connectivity index (χ1) is 15.5. The third-order valence-corrected chi connectivity index (χ3v) is 7.71. The predicted octanol–water partition coefficient (Wildman–Crippen LogP) is 4.65. The number of alkyl carbamates (subject to hydrolysis) is 1. The summed E-state index contributed by atoms with van der Waals surface area (Å²) in [5, 5.41) is 3.57. The van der Waals surface area contributed by atoms with Crippen molar-refractivity contribution in [1.29, 1.82) is 0 Å². The quantitative estimate of drug-likeness (QED) is 0.451. The molecule has 1 aliphatic rings. The van der Waals surface area contributed by atoms with Gasteiger partial charge in [-0.3, -0.25) is 0 Å². The summed E-state index contributed by atoms with van der Waals surface area (Å²) >= 11 is 2.11. The Labute approximate surface area is 206 Å². The molecule has 8 nitrogen and oxygen atoms in total. The number of aromatic nitrogens is 3. The zero-order chi connectivity index (χ0) is 24.0. The fraction of sp³-hybridized carbons (Fsp3) is 0.348. The van der Waals surface area contributed by atoms with Gasteiger partial charge in [-0.15, -0.1) is 0 Å². The van der Waals surface area contributed by atoms with Gasteiger partial charge in [0, 0.05) is 15.8 Å². The normalized spacial score (nSPS) is 16.6. The van der Waals surface area contributed by atoms with Gasteiger partial charge in [0.2, 0.25) is 0 Å². The maximum Gasteiger partial charge on any atom is 0.407 e. The summed E-state index contributed by atoms with van der Waals surface area (Å²) in [6.07, 6.45) is 5.72. The van der Waals surface area contributed by atoms with Crippen LogP contribution in [0.25, 0.3) is 16.6 Å². The van der Waals surface area contributed by atoms with Crippen LogP contribution in [-0.4, -0.2) is 40.1 Å². The summed E-state index contributed by atoms with van der Waals surface area (Å²) in [6, 6.07) is 6.61. The molecule has 1 amide bonds. The second kappa shape index (κ2) is 8.71. The van der Waals surface area contributed by atoms with Crippen molar-refractivity contribution in [3.63, 3.8) is 0 Å². The lowest BCUT2D eigenvalue weighted by molar-refractivity contribution is 0.0507. The monoisotopic (exact) mass is 580 g/mol. The number of rotatable bonds is 4. The molecule has 174 valence electrons. The fourth-order valence-corrected chi connectivity index (χ4v) is 6.02. The molecule has 1 unspecified atom stereocenters. The topological polar surface area (TPSA) is 103 Å². The van der Waals surface area contributed by atoms with E-state index in [0.29, 0.717) is 29.6 Å². The Morgan fingerprint density at radius 2 is 1.91 bits per heavy atom. The summed E-state index contributed by atoms with van der Waals surface area (Å²) in [4.78, 5) is 21.1. The van der Waals surface area contributed by atoms with Crippen LogP contribution in [0.4, 0.5) is 4.79 Å². The summed E-state index contributed by atoms with van der Waals surface area (Å²) in [6.45, 7) is 7.36. The molecule has 2 aromatic heterocycles. The smallest absolute Gasteiger partial charge is 0.407 e. The first-order valence-corrected chi connectivity index (χ1v) is 13.0. The molecule has 2 heterocycles. The van der Waals surface area contributed by atoms with Crippen molar-refractivity contribution in [2.45, 2.75) is 57.1 Å². The molecular weight excluding hydrogens is 555 g/mol. The van der Waals surface area contributed by atoms with E-state index in [2.05, 4.69) is 37.9 Å². The molecule has 3 aromatic rings. The largest absolute Gasteiger partial charge is 0.444 e. The van der Waals surface area contributed by atoms with E-state index in [0.717, 1.165) is 14.7 Å². The third-order valence-electron chi connectivity index (χ3n) is 5.22. The summed E-state index contributed by atoms with van der Waals surface area (Å²) in [5.41, 5.74) is 2.35. The first kappa shape index (κ1) is 23.7. The Bertz CT molecular complexity index is 1360. The average molecular weight is 580 g/mol. The number of fused-ring (bicyclic) bond motifs is 1. The number of carbonyl (C=O) groups excluding carboxylic acids is 1. The Balaban J connectivity index is 1.65. The number of carbonyl (C=O) groups is 1. The van der Waals surface area contributed by atoms with Crippen molar-refractivity contribution in [2.24, 2.45) is 0 Å². The molecule has 10 heteroatoms. The highest BCUT2D eigenvalue weighted by molar-refractivity contribution is 14.1. The number of nitrogens with zero attached hydrogens (tertiary/aromatic N) is 3. The zero-order valence-corrected chi connectivity index (χ0v) is 21.8. The molecule has 0 saturated heterocycles. The van der Waals surface area contributed by atoms with Gasteiger partial charge in [-0.2, -0.15) is 0 Å². The van der Waals surface area contributed by atoms with E-state index >= 15 is 0 Å². The lowest BCUT2D eigenvalue weighted by Crippen LogP contribution is -2.38. The number of ether oxygens (including phenoxy) is 1. The average Bonchev–Trinajstić information content (AvgIpc) is 3.32. The van der Waals surface area contributed by atoms with Crippen molar-refractivity contribution >= 4 is 55.3 Å². The Hall–Kier alpha value is -2.47. The number of hydrogen-bond acceptors (Lipinski definition) is 6. The lowest BCUT2D eigenvalue weighted by atomic mass is 10.1. The molecular formula is C23H25IN4O4S. The van der Waals surface area contributed by atoms with Crippen LogP contribution in [0, 0.1) is 10.5 Å². The van der Waals surface area contributed by atoms with E-state index in [1.807, 2.05) is 33.8 Å². The van der Waals surface area contributed by atoms with Crippen LogP contribution in [0.2, 0.25) is 0 Å². The molecule has 0 spiro atoms. The number of amides is 1. The van der Waals surface area contributed by atoms with Crippen molar-refractivity contribution in [2.75, 3.05) is 0 Å². The van der Waals surface area contributed by atoms with Crippen LogP contribution in [0.1, 0.15) is 44.9 Å². The molecule has 0 radical (unpaired) electrons. The molecule has 1 aliphatic carbocycles. The summed E-state index contributed by atoms with van der Waals surface area (Å²) in [7, 11) is -3.82. The van der Waals surface area contributed by atoms with Gasteiger partial charge in [0.1, 0.15) is 11.9 Å². The van der Waals surface area contributed by atoms with Gasteiger partial charge in [0.05, 0.1) is 16.0 Å². The predicted molar refractivity (Wildman–Crippen MR) is 134 cm³/mol. The molecule has 1 atom stereocenters. The minimum atomic E-state index is -3.82. The van der Waals surface area contributed by atoms with E-state index in [-0.39, 0.29) is 10.9 Å². The second-order valence-corrected chi connectivity index (χ2v) is 12.0. The minimum Gasteiger partial charge on any atom is -0.444 e. The van der Waals surface area contributed by atoms with Crippen molar-refractivity contribution in [3.05, 3.63) is 57.7 Å². The Morgan fingerprint density at radius 1 is 1.21 bits per heavy atom. The molecule has 4 rings (SSSR count).